The van der Waals surface area contributed by atoms with Gasteiger partial charge < -0.3 is 10.5 Å². The molecule has 1 unspecified atom stereocenters. The van der Waals surface area contributed by atoms with Crippen LogP contribution >= 0.6 is 0 Å². The minimum Gasteiger partial charge on any atom is -0.378 e. The third-order valence-electron chi connectivity index (χ3n) is 2.04. The van der Waals surface area contributed by atoms with E-state index in [0.717, 1.165) is 5.69 Å². The van der Waals surface area contributed by atoms with Crippen molar-refractivity contribution >= 4 is 0 Å². The zero-order valence-electron chi connectivity index (χ0n) is 8.90. The Kier molecular flexibility index (Phi) is 3.98. The Morgan fingerprint density at radius 3 is 2.79 bits per heavy atom. The van der Waals surface area contributed by atoms with Gasteiger partial charge in [-0.25, -0.2) is 9.97 Å². The van der Waals surface area contributed by atoms with Gasteiger partial charge in [0.1, 0.15) is 5.82 Å². The fourth-order valence-corrected chi connectivity index (χ4v) is 1.10. The van der Waals surface area contributed by atoms with E-state index in [0.29, 0.717) is 18.3 Å². The zero-order chi connectivity index (χ0) is 10.6. The van der Waals surface area contributed by atoms with Gasteiger partial charge in [-0.15, -0.1) is 0 Å². The quantitative estimate of drug-likeness (QED) is 0.786. The van der Waals surface area contributed by atoms with E-state index >= 15 is 0 Å². The molecule has 0 amide bonds. The Morgan fingerprint density at radius 2 is 2.21 bits per heavy atom. The second-order valence-electron chi connectivity index (χ2n) is 3.61. The van der Waals surface area contributed by atoms with Crippen molar-refractivity contribution in [1.29, 1.82) is 0 Å². The zero-order valence-corrected chi connectivity index (χ0v) is 8.90. The van der Waals surface area contributed by atoms with Crippen molar-refractivity contribution < 1.29 is 4.74 Å². The molecule has 0 fully saturated rings. The van der Waals surface area contributed by atoms with Crippen LogP contribution in [0.1, 0.15) is 31.4 Å². The average Bonchev–Trinajstić information content (AvgIpc) is 2.17. The summed E-state index contributed by atoms with van der Waals surface area (Å²) < 4.78 is 4.99. The van der Waals surface area contributed by atoms with Gasteiger partial charge in [0, 0.05) is 13.3 Å². The molecular weight excluding hydrogens is 178 g/mol. The number of ether oxygens (including phenoxy) is 1. The molecule has 0 saturated carbocycles. The summed E-state index contributed by atoms with van der Waals surface area (Å²) in [4.78, 5) is 8.47. The first kappa shape index (κ1) is 11.1. The molecule has 4 heteroatoms. The number of nitrogens with zero attached hydrogens (tertiary/aromatic N) is 2. The predicted molar refractivity (Wildman–Crippen MR) is 54.5 cm³/mol. The third-order valence-corrected chi connectivity index (χ3v) is 2.04. The van der Waals surface area contributed by atoms with Crippen LogP contribution in [-0.2, 0) is 11.3 Å². The number of rotatable bonds is 4. The predicted octanol–water partition coefficient (Wildman–Crippen LogP) is 1.28. The van der Waals surface area contributed by atoms with Crippen LogP contribution in [0.4, 0.5) is 0 Å². The number of hydrogen-bond acceptors (Lipinski definition) is 4. The van der Waals surface area contributed by atoms with Gasteiger partial charge in [0.25, 0.3) is 0 Å². The van der Waals surface area contributed by atoms with E-state index in [1.807, 2.05) is 6.07 Å². The van der Waals surface area contributed by atoms with Gasteiger partial charge in [0.2, 0.25) is 0 Å². The Bertz CT molecular complexity index is 288. The molecule has 0 aliphatic heterocycles. The molecule has 0 radical (unpaired) electrons. The summed E-state index contributed by atoms with van der Waals surface area (Å²) in [6.45, 7) is 4.61. The summed E-state index contributed by atoms with van der Waals surface area (Å²) in [7, 11) is 1.64. The van der Waals surface area contributed by atoms with Gasteiger partial charge in [0.05, 0.1) is 18.3 Å². The summed E-state index contributed by atoms with van der Waals surface area (Å²) >= 11 is 0. The number of methoxy groups -OCH3 is 1. The lowest BCUT2D eigenvalue weighted by molar-refractivity contribution is 0.181. The molecule has 1 heterocycles. The second kappa shape index (κ2) is 5.02. The minimum atomic E-state index is -0.105. The molecule has 14 heavy (non-hydrogen) atoms. The lowest BCUT2D eigenvalue weighted by Gasteiger charge is -2.14. The summed E-state index contributed by atoms with van der Waals surface area (Å²) in [6, 6.07) is 1.73. The third kappa shape index (κ3) is 2.75. The van der Waals surface area contributed by atoms with Crippen molar-refractivity contribution in [1.82, 2.24) is 9.97 Å². The number of hydrogen-bond donors (Lipinski definition) is 1. The average molecular weight is 195 g/mol. The monoisotopic (exact) mass is 195 g/mol. The first-order chi connectivity index (χ1) is 6.65. The lowest BCUT2D eigenvalue weighted by Crippen LogP contribution is -2.20. The summed E-state index contributed by atoms with van der Waals surface area (Å²) in [5, 5.41) is 0. The molecule has 0 bridgehead atoms. The molecule has 1 aromatic rings. The van der Waals surface area contributed by atoms with E-state index in [4.69, 9.17) is 10.5 Å². The van der Waals surface area contributed by atoms with Crippen LogP contribution in [0.25, 0.3) is 0 Å². The Labute approximate surface area is 84.5 Å². The van der Waals surface area contributed by atoms with Crippen molar-refractivity contribution in [3.63, 3.8) is 0 Å². The van der Waals surface area contributed by atoms with E-state index in [1.54, 1.807) is 13.3 Å². The van der Waals surface area contributed by atoms with Crippen LogP contribution in [-0.4, -0.2) is 17.1 Å². The number of aromatic nitrogens is 2. The molecule has 0 aliphatic carbocycles. The highest BCUT2D eigenvalue weighted by Gasteiger charge is 2.13. The molecule has 0 aliphatic rings. The SMILES string of the molecule is COCc1ccnc(C(N)C(C)C)n1. The normalized spacial score (nSPS) is 13.2. The maximum Gasteiger partial charge on any atom is 0.145 e. The highest BCUT2D eigenvalue weighted by atomic mass is 16.5. The van der Waals surface area contributed by atoms with Gasteiger partial charge >= 0.3 is 0 Å². The lowest BCUT2D eigenvalue weighted by atomic mass is 10.1. The number of nitrogens with two attached hydrogens (primary N) is 1. The van der Waals surface area contributed by atoms with Crippen molar-refractivity contribution in [2.75, 3.05) is 7.11 Å². The van der Waals surface area contributed by atoms with Crippen molar-refractivity contribution in [2.45, 2.75) is 26.5 Å². The fraction of sp³-hybridized carbons (Fsp3) is 0.600. The first-order valence-corrected chi connectivity index (χ1v) is 4.71. The molecule has 1 rings (SSSR count). The van der Waals surface area contributed by atoms with Crippen LogP contribution in [0, 0.1) is 5.92 Å². The minimum absolute atomic E-state index is 0.105. The highest BCUT2D eigenvalue weighted by Crippen LogP contribution is 2.14. The molecule has 0 spiro atoms. The van der Waals surface area contributed by atoms with Crippen LogP contribution in [0.15, 0.2) is 12.3 Å². The van der Waals surface area contributed by atoms with Gasteiger partial charge in [-0.3, -0.25) is 0 Å². The maximum absolute atomic E-state index is 5.94. The topological polar surface area (TPSA) is 61.0 Å². The van der Waals surface area contributed by atoms with Crippen LogP contribution in [0.2, 0.25) is 0 Å². The van der Waals surface area contributed by atoms with Gasteiger partial charge in [-0.2, -0.15) is 0 Å². The van der Waals surface area contributed by atoms with E-state index in [1.165, 1.54) is 0 Å². The molecule has 4 nitrogen and oxygen atoms in total. The van der Waals surface area contributed by atoms with Crippen LogP contribution in [0.5, 0.6) is 0 Å². The smallest absolute Gasteiger partial charge is 0.145 e. The molecule has 2 N–H and O–H groups in total. The molecule has 0 aromatic carbocycles. The molecule has 1 aromatic heterocycles. The first-order valence-electron chi connectivity index (χ1n) is 4.71. The standard InChI is InChI=1S/C10H17N3O/c1-7(2)9(11)10-12-5-4-8(13-10)6-14-3/h4-5,7,9H,6,11H2,1-3H3. The van der Waals surface area contributed by atoms with Gasteiger partial charge in [-0.05, 0) is 12.0 Å². The van der Waals surface area contributed by atoms with E-state index in [2.05, 4.69) is 23.8 Å². The second-order valence-corrected chi connectivity index (χ2v) is 3.61. The molecule has 0 saturated heterocycles. The summed E-state index contributed by atoms with van der Waals surface area (Å²) in [6.07, 6.45) is 1.72. The van der Waals surface area contributed by atoms with E-state index in [9.17, 15) is 0 Å². The maximum atomic E-state index is 5.94. The van der Waals surface area contributed by atoms with Gasteiger partial charge in [0.15, 0.2) is 0 Å². The van der Waals surface area contributed by atoms with Crippen molar-refractivity contribution in [2.24, 2.45) is 11.7 Å². The van der Waals surface area contributed by atoms with Crippen LogP contribution < -0.4 is 5.73 Å². The molecular formula is C10H17N3O. The molecule has 78 valence electrons. The summed E-state index contributed by atoms with van der Waals surface area (Å²) in [5.74, 6) is 1.03. The largest absolute Gasteiger partial charge is 0.378 e. The van der Waals surface area contributed by atoms with E-state index < -0.39 is 0 Å². The highest BCUT2D eigenvalue weighted by molar-refractivity contribution is 5.04. The fourth-order valence-electron chi connectivity index (χ4n) is 1.10. The van der Waals surface area contributed by atoms with Crippen molar-refractivity contribution in [3.8, 4) is 0 Å². The Hall–Kier alpha value is -1.00. The molecule has 1 atom stereocenters. The Morgan fingerprint density at radius 1 is 1.50 bits per heavy atom. The summed E-state index contributed by atoms with van der Waals surface area (Å²) in [5.41, 5.74) is 6.81. The van der Waals surface area contributed by atoms with Gasteiger partial charge in [-0.1, -0.05) is 13.8 Å². The van der Waals surface area contributed by atoms with Crippen LogP contribution in [0.3, 0.4) is 0 Å². The van der Waals surface area contributed by atoms with E-state index in [-0.39, 0.29) is 6.04 Å². The Balaban J connectivity index is 2.82. The van der Waals surface area contributed by atoms with Crippen molar-refractivity contribution in [3.05, 3.63) is 23.8 Å².